The summed E-state index contributed by atoms with van der Waals surface area (Å²) in [5, 5.41) is 3.25. The van der Waals surface area contributed by atoms with E-state index in [9.17, 15) is 4.79 Å². The Morgan fingerprint density at radius 1 is 1.05 bits per heavy atom. The Morgan fingerprint density at radius 3 is 2.32 bits per heavy atom. The third kappa shape index (κ3) is 8.18. The van der Waals surface area contributed by atoms with Crippen LogP contribution in [0.1, 0.15) is 40.5 Å². The Bertz CT molecular complexity index is 235. The van der Waals surface area contributed by atoms with Crippen LogP contribution in [0.2, 0.25) is 0 Å². The molecule has 114 valence electrons. The molecule has 0 amide bonds. The predicted molar refractivity (Wildman–Crippen MR) is 75.3 cm³/mol. The normalized spacial score (nSPS) is 14.1. The van der Waals surface area contributed by atoms with Crippen LogP contribution in [-0.2, 0) is 19.0 Å². The van der Waals surface area contributed by atoms with Gasteiger partial charge in [0.05, 0.1) is 19.8 Å². The number of ether oxygens (including phenoxy) is 3. The lowest BCUT2D eigenvalue weighted by Gasteiger charge is -2.28. The van der Waals surface area contributed by atoms with Gasteiger partial charge in [0.15, 0.2) is 0 Å². The van der Waals surface area contributed by atoms with Crippen molar-refractivity contribution in [1.29, 1.82) is 0 Å². The van der Waals surface area contributed by atoms with E-state index >= 15 is 0 Å². The summed E-state index contributed by atoms with van der Waals surface area (Å²) in [5.74, 6) is -0.211. The molecule has 0 rings (SSSR count). The molecule has 5 heteroatoms. The van der Waals surface area contributed by atoms with E-state index in [4.69, 9.17) is 14.2 Å². The number of carbonyl (C=O) groups is 1. The van der Waals surface area contributed by atoms with Gasteiger partial charge in [0.25, 0.3) is 0 Å². The monoisotopic (exact) mass is 275 g/mol. The maximum absolute atomic E-state index is 12.0. The van der Waals surface area contributed by atoms with Gasteiger partial charge in [-0.25, -0.2) is 0 Å². The Hall–Kier alpha value is -0.650. The van der Waals surface area contributed by atoms with Crippen molar-refractivity contribution in [3.05, 3.63) is 0 Å². The van der Waals surface area contributed by atoms with Crippen molar-refractivity contribution in [2.45, 2.75) is 46.1 Å². The molecule has 0 aromatic carbocycles. The fourth-order valence-corrected chi connectivity index (χ4v) is 1.59. The third-order valence-electron chi connectivity index (χ3n) is 2.81. The third-order valence-corrected chi connectivity index (χ3v) is 2.81. The van der Waals surface area contributed by atoms with Crippen molar-refractivity contribution in [3.63, 3.8) is 0 Å². The Balaban J connectivity index is 4.08. The molecule has 0 saturated carbocycles. The van der Waals surface area contributed by atoms with E-state index in [0.29, 0.717) is 39.5 Å². The standard InChI is InChI=1S/C14H29NO4/c1-5-9-15-14(4,13(16)19-7-3)8-10-18-12-11-17-6-2/h15H,5-12H2,1-4H3. The van der Waals surface area contributed by atoms with Gasteiger partial charge < -0.3 is 19.5 Å². The van der Waals surface area contributed by atoms with Crippen LogP contribution >= 0.6 is 0 Å². The van der Waals surface area contributed by atoms with Gasteiger partial charge in [-0.1, -0.05) is 6.92 Å². The van der Waals surface area contributed by atoms with Crippen molar-refractivity contribution in [2.75, 3.05) is 39.6 Å². The number of rotatable bonds is 12. The second-order valence-electron chi connectivity index (χ2n) is 4.54. The highest BCUT2D eigenvalue weighted by atomic mass is 16.5. The van der Waals surface area contributed by atoms with Crippen molar-refractivity contribution in [3.8, 4) is 0 Å². The van der Waals surface area contributed by atoms with Crippen LogP contribution in [0.3, 0.4) is 0 Å². The summed E-state index contributed by atoms with van der Waals surface area (Å²) in [7, 11) is 0. The van der Waals surface area contributed by atoms with Gasteiger partial charge in [0.1, 0.15) is 5.54 Å². The lowest BCUT2D eigenvalue weighted by atomic mass is 9.98. The molecule has 1 unspecified atom stereocenters. The largest absolute Gasteiger partial charge is 0.465 e. The van der Waals surface area contributed by atoms with Gasteiger partial charge >= 0.3 is 5.97 Å². The van der Waals surface area contributed by atoms with Gasteiger partial charge in [-0.15, -0.1) is 0 Å². The first-order valence-electron chi connectivity index (χ1n) is 7.18. The van der Waals surface area contributed by atoms with E-state index in [1.54, 1.807) is 0 Å². The summed E-state index contributed by atoms with van der Waals surface area (Å²) in [6.45, 7) is 11.2. The van der Waals surface area contributed by atoms with Crippen LogP contribution in [0, 0.1) is 0 Å². The number of esters is 1. The summed E-state index contributed by atoms with van der Waals surface area (Å²) in [6.07, 6.45) is 1.57. The topological polar surface area (TPSA) is 56.8 Å². The summed E-state index contributed by atoms with van der Waals surface area (Å²) in [6, 6.07) is 0. The van der Waals surface area contributed by atoms with Crippen molar-refractivity contribution >= 4 is 5.97 Å². The molecule has 19 heavy (non-hydrogen) atoms. The van der Waals surface area contributed by atoms with Crippen LogP contribution in [0.4, 0.5) is 0 Å². The molecule has 0 aliphatic rings. The van der Waals surface area contributed by atoms with Crippen LogP contribution < -0.4 is 5.32 Å². The zero-order valence-corrected chi connectivity index (χ0v) is 12.8. The molecule has 0 fully saturated rings. The van der Waals surface area contributed by atoms with Crippen molar-refractivity contribution in [2.24, 2.45) is 0 Å². The van der Waals surface area contributed by atoms with Crippen LogP contribution in [0.5, 0.6) is 0 Å². The molecule has 1 atom stereocenters. The van der Waals surface area contributed by atoms with E-state index in [-0.39, 0.29) is 5.97 Å². The zero-order valence-electron chi connectivity index (χ0n) is 12.8. The molecule has 0 aromatic heterocycles. The SMILES string of the molecule is CCCNC(C)(CCOCCOCC)C(=O)OCC. The van der Waals surface area contributed by atoms with Crippen LogP contribution in [0.25, 0.3) is 0 Å². The fourth-order valence-electron chi connectivity index (χ4n) is 1.59. The Kier molecular flexibility index (Phi) is 10.8. The summed E-state index contributed by atoms with van der Waals surface area (Å²) < 4.78 is 15.8. The molecule has 0 aromatic rings. The summed E-state index contributed by atoms with van der Waals surface area (Å²) in [4.78, 5) is 12.0. The Morgan fingerprint density at radius 2 is 1.74 bits per heavy atom. The molecule has 0 aliphatic carbocycles. The number of carbonyl (C=O) groups excluding carboxylic acids is 1. The number of hydrogen-bond donors (Lipinski definition) is 1. The van der Waals surface area contributed by atoms with Gasteiger partial charge in [-0.05, 0) is 40.2 Å². The zero-order chi connectivity index (χ0) is 14.6. The van der Waals surface area contributed by atoms with Crippen molar-refractivity contribution in [1.82, 2.24) is 5.32 Å². The van der Waals surface area contributed by atoms with Gasteiger partial charge in [-0.2, -0.15) is 0 Å². The molecule has 0 spiro atoms. The van der Waals surface area contributed by atoms with Gasteiger partial charge in [-0.3, -0.25) is 4.79 Å². The molecular weight excluding hydrogens is 246 g/mol. The second kappa shape index (κ2) is 11.2. The maximum atomic E-state index is 12.0. The highest BCUT2D eigenvalue weighted by molar-refractivity contribution is 5.80. The molecular formula is C14H29NO4. The molecule has 5 nitrogen and oxygen atoms in total. The molecule has 0 bridgehead atoms. The smallest absolute Gasteiger partial charge is 0.326 e. The van der Waals surface area contributed by atoms with Crippen LogP contribution in [-0.4, -0.2) is 51.1 Å². The first-order valence-corrected chi connectivity index (χ1v) is 7.18. The average Bonchev–Trinajstić information content (AvgIpc) is 2.40. The molecule has 0 aliphatic heterocycles. The number of nitrogens with one attached hydrogen (secondary N) is 1. The summed E-state index contributed by atoms with van der Waals surface area (Å²) >= 11 is 0. The van der Waals surface area contributed by atoms with E-state index < -0.39 is 5.54 Å². The van der Waals surface area contributed by atoms with E-state index in [1.807, 2.05) is 20.8 Å². The predicted octanol–water partition coefficient (Wildman–Crippen LogP) is 1.75. The first kappa shape index (κ1) is 18.4. The fraction of sp³-hybridized carbons (Fsp3) is 0.929. The van der Waals surface area contributed by atoms with E-state index in [0.717, 1.165) is 13.0 Å². The van der Waals surface area contributed by atoms with E-state index in [2.05, 4.69) is 12.2 Å². The average molecular weight is 275 g/mol. The first-order chi connectivity index (χ1) is 9.10. The second-order valence-corrected chi connectivity index (χ2v) is 4.54. The summed E-state index contributed by atoms with van der Waals surface area (Å²) in [5.41, 5.74) is -0.669. The minimum atomic E-state index is -0.669. The highest BCUT2D eigenvalue weighted by Crippen LogP contribution is 2.12. The molecule has 0 heterocycles. The number of hydrogen-bond acceptors (Lipinski definition) is 5. The molecule has 1 N–H and O–H groups in total. The maximum Gasteiger partial charge on any atom is 0.326 e. The van der Waals surface area contributed by atoms with Gasteiger partial charge in [0, 0.05) is 13.2 Å². The lowest BCUT2D eigenvalue weighted by molar-refractivity contribution is -0.151. The molecule has 0 radical (unpaired) electrons. The Labute approximate surface area is 117 Å². The minimum Gasteiger partial charge on any atom is -0.465 e. The lowest BCUT2D eigenvalue weighted by Crippen LogP contribution is -2.51. The highest BCUT2D eigenvalue weighted by Gasteiger charge is 2.33. The van der Waals surface area contributed by atoms with Crippen LogP contribution in [0.15, 0.2) is 0 Å². The minimum absolute atomic E-state index is 0.211. The van der Waals surface area contributed by atoms with E-state index in [1.165, 1.54) is 0 Å². The molecule has 0 saturated heterocycles. The quantitative estimate of drug-likeness (QED) is 0.434. The van der Waals surface area contributed by atoms with Crippen molar-refractivity contribution < 1.29 is 19.0 Å². The van der Waals surface area contributed by atoms with Gasteiger partial charge in [0.2, 0.25) is 0 Å².